The maximum atomic E-state index is 12.5. The zero-order valence-corrected chi connectivity index (χ0v) is 12.6. The van der Waals surface area contributed by atoms with Gasteiger partial charge in [0, 0.05) is 31.9 Å². The first-order valence-corrected chi connectivity index (χ1v) is 7.03. The van der Waals surface area contributed by atoms with Gasteiger partial charge in [-0.3, -0.25) is 19.5 Å². The van der Waals surface area contributed by atoms with E-state index in [9.17, 15) is 9.59 Å². The van der Waals surface area contributed by atoms with Crippen LogP contribution in [0.1, 0.15) is 30.0 Å². The normalized spacial score (nSPS) is 19.8. The Labute approximate surface area is 124 Å². The van der Waals surface area contributed by atoms with Gasteiger partial charge in [-0.1, -0.05) is 0 Å². The zero-order valence-electron chi connectivity index (χ0n) is 12.6. The molecule has 1 aliphatic rings. The van der Waals surface area contributed by atoms with Gasteiger partial charge in [0.25, 0.3) is 5.91 Å². The average Bonchev–Trinajstić information content (AvgIpc) is 2.46. The number of nitrogens with two attached hydrogens (primary N) is 1. The quantitative estimate of drug-likeness (QED) is 0.833. The minimum Gasteiger partial charge on any atom is -0.368 e. The summed E-state index contributed by atoms with van der Waals surface area (Å²) >= 11 is 0. The number of carbonyl (C=O) groups is 2. The van der Waals surface area contributed by atoms with Gasteiger partial charge in [-0.25, -0.2) is 4.98 Å². The lowest BCUT2D eigenvalue weighted by atomic mass is 10.1. The fourth-order valence-corrected chi connectivity index (χ4v) is 2.41. The van der Waals surface area contributed by atoms with E-state index < -0.39 is 11.9 Å². The molecule has 2 amide bonds. The topological polar surface area (TPSA) is 92.4 Å². The van der Waals surface area contributed by atoms with E-state index in [4.69, 9.17) is 5.73 Å². The van der Waals surface area contributed by atoms with E-state index in [-0.39, 0.29) is 11.6 Å². The van der Waals surface area contributed by atoms with Crippen LogP contribution < -0.4 is 5.73 Å². The summed E-state index contributed by atoms with van der Waals surface area (Å²) in [6, 6.07) is -0.319. The van der Waals surface area contributed by atoms with Gasteiger partial charge < -0.3 is 10.6 Å². The summed E-state index contributed by atoms with van der Waals surface area (Å²) in [5.74, 6) is -0.788. The van der Waals surface area contributed by atoms with Crippen LogP contribution in [0.15, 0.2) is 12.4 Å². The Morgan fingerprint density at radius 3 is 2.52 bits per heavy atom. The van der Waals surface area contributed by atoms with E-state index in [1.54, 1.807) is 6.92 Å². The molecule has 1 atom stereocenters. The minimum absolute atomic E-state index is 0.241. The first-order chi connectivity index (χ1) is 9.90. The lowest BCUT2D eigenvalue weighted by Gasteiger charge is -2.41. The van der Waals surface area contributed by atoms with Crippen molar-refractivity contribution in [2.75, 3.05) is 19.6 Å². The molecule has 1 aromatic rings. The summed E-state index contributed by atoms with van der Waals surface area (Å²) in [6.45, 7) is 7.54. The SMILES string of the molecule is Cc1cnc(C(=O)N2CCN(C(C)C)CC2C(N)=O)cn1. The van der Waals surface area contributed by atoms with Crippen LogP contribution in [-0.2, 0) is 4.79 Å². The third kappa shape index (κ3) is 3.36. The molecule has 2 rings (SSSR count). The number of aromatic nitrogens is 2. The Balaban J connectivity index is 2.19. The molecule has 114 valence electrons. The van der Waals surface area contributed by atoms with Crippen molar-refractivity contribution in [1.82, 2.24) is 19.8 Å². The van der Waals surface area contributed by atoms with Crippen LogP contribution >= 0.6 is 0 Å². The summed E-state index contributed by atoms with van der Waals surface area (Å²) in [5, 5.41) is 0. The van der Waals surface area contributed by atoms with Gasteiger partial charge in [0.15, 0.2) is 0 Å². The van der Waals surface area contributed by atoms with Crippen molar-refractivity contribution >= 4 is 11.8 Å². The first kappa shape index (κ1) is 15.4. The van der Waals surface area contributed by atoms with Gasteiger partial charge in [0.2, 0.25) is 5.91 Å². The monoisotopic (exact) mass is 291 g/mol. The number of piperazine rings is 1. The number of aryl methyl sites for hydroxylation is 1. The average molecular weight is 291 g/mol. The summed E-state index contributed by atoms with van der Waals surface area (Å²) < 4.78 is 0. The smallest absolute Gasteiger partial charge is 0.274 e. The van der Waals surface area contributed by atoms with Crippen LogP contribution in [0.2, 0.25) is 0 Å². The molecule has 2 N–H and O–H groups in total. The van der Waals surface area contributed by atoms with Gasteiger partial charge in [-0.05, 0) is 20.8 Å². The van der Waals surface area contributed by atoms with E-state index in [1.807, 2.05) is 0 Å². The molecule has 1 fully saturated rings. The molecular formula is C14H21N5O2. The largest absolute Gasteiger partial charge is 0.368 e. The Kier molecular flexibility index (Phi) is 4.52. The van der Waals surface area contributed by atoms with Crippen LogP contribution in [0.25, 0.3) is 0 Å². The van der Waals surface area contributed by atoms with E-state index in [1.165, 1.54) is 17.3 Å². The molecule has 0 saturated carbocycles. The lowest BCUT2D eigenvalue weighted by molar-refractivity contribution is -0.124. The standard InChI is InChI=1S/C14H21N5O2/c1-9(2)18-4-5-19(12(8-18)13(15)20)14(21)11-7-16-10(3)6-17-11/h6-7,9,12H,4-5,8H2,1-3H3,(H2,15,20). The third-order valence-electron chi connectivity index (χ3n) is 3.73. The Morgan fingerprint density at radius 1 is 1.29 bits per heavy atom. The summed E-state index contributed by atoms with van der Waals surface area (Å²) in [7, 11) is 0. The second-order valence-corrected chi connectivity index (χ2v) is 5.55. The molecule has 0 bridgehead atoms. The number of primary amides is 1. The maximum absolute atomic E-state index is 12.5. The van der Waals surface area contributed by atoms with Gasteiger partial charge in [-0.15, -0.1) is 0 Å². The van der Waals surface area contributed by atoms with Gasteiger partial charge in [-0.2, -0.15) is 0 Å². The molecular weight excluding hydrogens is 270 g/mol. The molecule has 0 aromatic carbocycles. The second-order valence-electron chi connectivity index (χ2n) is 5.55. The summed E-state index contributed by atoms with van der Waals surface area (Å²) in [5.41, 5.74) is 6.44. The number of carbonyl (C=O) groups excluding carboxylic acids is 2. The highest BCUT2D eigenvalue weighted by molar-refractivity contribution is 5.95. The van der Waals surface area contributed by atoms with Crippen molar-refractivity contribution in [1.29, 1.82) is 0 Å². The molecule has 1 aromatic heterocycles. The fourth-order valence-electron chi connectivity index (χ4n) is 2.41. The number of amides is 2. The van der Waals surface area contributed by atoms with Crippen molar-refractivity contribution in [2.24, 2.45) is 5.73 Å². The zero-order chi connectivity index (χ0) is 15.6. The third-order valence-corrected chi connectivity index (χ3v) is 3.73. The molecule has 1 saturated heterocycles. The van der Waals surface area contributed by atoms with E-state index >= 15 is 0 Å². The number of hydrogen-bond donors (Lipinski definition) is 1. The van der Waals surface area contributed by atoms with Crippen LogP contribution in [0, 0.1) is 6.92 Å². The van der Waals surface area contributed by atoms with Crippen molar-refractivity contribution < 1.29 is 9.59 Å². The molecule has 0 aliphatic carbocycles. The molecule has 7 heteroatoms. The summed E-state index contributed by atoms with van der Waals surface area (Å²) in [6.07, 6.45) is 2.97. The van der Waals surface area contributed by atoms with Crippen LogP contribution in [0.4, 0.5) is 0 Å². The molecule has 0 spiro atoms. The van der Waals surface area contributed by atoms with Crippen LogP contribution in [0.5, 0.6) is 0 Å². The Bertz CT molecular complexity index is 529. The van der Waals surface area contributed by atoms with Crippen LogP contribution in [-0.4, -0.2) is 63.3 Å². The van der Waals surface area contributed by atoms with Gasteiger partial charge >= 0.3 is 0 Å². The maximum Gasteiger partial charge on any atom is 0.274 e. The summed E-state index contributed by atoms with van der Waals surface area (Å²) in [4.78, 5) is 36.0. The number of rotatable bonds is 3. The highest BCUT2D eigenvalue weighted by Gasteiger charge is 2.35. The molecule has 1 aliphatic heterocycles. The minimum atomic E-state index is -0.628. The van der Waals surface area contributed by atoms with Gasteiger partial charge in [0.1, 0.15) is 11.7 Å². The van der Waals surface area contributed by atoms with Crippen molar-refractivity contribution in [2.45, 2.75) is 32.9 Å². The van der Waals surface area contributed by atoms with Crippen LogP contribution in [0.3, 0.4) is 0 Å². The Hall–Kier alpha value is -2.02. The molecule has 2 heterocycles. The van der Waals surface area contributed by atoms with E-state index in [0.29, 0.717) is 25.7 Å². The predicted octanol–water partition coefficient (Wildman–Crippen LogP) is -0.195. The molecule has 0 radical (unpaired) electrons. The highest BCUT2D eigenvalue weighted by atomic mass is 16.2. The Morgan fingerprint density at radius 2 is 2.00 bits per heavy atom. The van der Waals surface area contributed by atoms with Crippen molar-refractivity contribution in [3.05, 3.63) is 23.8 Å². The second kappa shape index (κ2) is 6.17. The van der Waals surface area contributed by atoms with Crippen molar-refractivity contribution in [3.63, 3.8) is 0 Å². The van der Waals surface area contributed by atoms with Crippen molar-refractivity contribution in [3.8, 4) is 0 Å². The molecule has 21 heavy (non-hydrogen) atoms. The number of hydrogen-bond acceptors (Lipinski definition) is 5. The predicted molar refractivity (Wildman–Crippen MR) is 77.5 cm³/mol. The first-order valence-electron chi connectivity index (χ1n) is 7.03. The van der Waals surface area contributed by atoms with E-state index in [2.05, 4.69) is 28.7 Å². The van der Waals surface area contributed by atoms with Gasteiger partial charge in [0.05, 0.1) is 11.9 Å². The highest BCUT2D eigenvalue weighted by Crippen LogP contribution is 2.15. The van der Waals surface area contributed by atoms with E-state index in [0.717, 1.165) is 5.69 Å². The fraction of sp³-hybridized carbons (Fsp3) is 0.571. The lowest BCUT2D eigenvalue weighted by Crippen LogP contribution is -2.61. The molecule has 1 unspecified atom stereocenters. The molecule has 7 nitrogen and oxygen atoms in total. The number of nitrogens with zero attached hydrogens (tertiary/aromatic N) is 4.